The number of rotatable bonds is 7. The number of nitrogens with zero attached hydrogens (tertiary/aromatic N) is 1. The van der Waals surface area contributed by atoms with Crippen LogP contribution in [0, 0.1) is 10.1 Å². The molecule has 1 aromatic rings. The number of aliphatic carboxylic acids is 1. The number of non-ortho nitro benzene ring substituents is 1. The van der Waals surface area contributed by atoms with E-state index in [9.17, 15) is 23.3 Å². The van der Waals surface area contributed by atoms with Gasteiger partial charge < -0.3 is 14.9 Å². The Morgan fingerprint density at radius 1 is 1.52 bits per heavy atom. The molecule has 0 bridgehead atoms. The molecule has 0 saturated carbocycles. The van der Waals surface area contributed by atoms with Gasteiger partial charge in [0.1, 0.15) is 16.7 Å². The second-order valence-corrected chi connectivity index (χ2v) is 5.47. The Balaban J connectivity index is 3.32. The summed E-state index contributed by atoms with van der Waals surface area (Å²) in [4.78, 5) is 20.0. The molecule has 1 rings (SSSR count). The number of methoxy groups -OCH3 is 1. The minimum Gasteiger partial charge on any atom is -0.495 e. The third kappa shape index (κ3) is 3.87. The molecule has 1 aromatic carbocycles. The summed E-state index contributed by atoms with van der Waals surface area (Å²) in [5.41, 5.74) is -0.507. The highest BCUT2D eigenvalue weighted by Crippen LogP contribution is 2.28. The number of hydrogen-bond acceptors (Lipinski definition) is 7. The number of nitro benzene ring substituents is 1. The molecule has 0 spiro atoms. The van der Waals surface area contributed by atoms with Gasteiger partial charge in [0.25, 0.3) is 5.69 Å². The summed E-state index contributed by atoms with van der Waals surface area (Å²) >= 11 is 0. The number of carboxylic acids is 1. The molecule has 0 fully saturated rings. The standard InChI is InChI=1S/C10H12N2O8S/c1-20-8-3-2-6(12(16)17)4-9(8)21(18,19)11-7(5-13)10(14)15/h2-4,7,11,13H,5H2,1H3,(H,14,15)/t7-/m1/s1. The summed E-state index contributed by atoms with van der Waals surface area (Å²) < 4.78 is 30.7. The van der Waals surface area contributed by atoms with Gasteiger partial charge in [-0.05, 0) is 6.07 Å². The first-order chi connectivity index (χ1) is 9.72. The van der Waals surface area contributed by atoms with Crippen LogP contribution >= 0.6 is 0 Å². The molecule has 0 radical (unpaired) electrons. The minimum absolute atomic E-state index is 0.199. The maximum absolute atomic E-state index is 12.1. The Morgan fingerprint density at radius 2 is 2.14 bits per heavy atom. The Kier molecular flexibility index (Phi) is 5.18. The molecule has 0 aliphatic heterocycles. The van der Waals surface area contributed by atoms with Crippen molar-refractivity contribution in [3.05, 3.63) is 28.3 Å². The molecular formula is C10H12N2O8S. The summed E-state index contributed by atoms with van der Waals surface area (Å²) in [7, 11) is -3.28. The van der Waals surface area contributed by atoms with E-state index in [0.717, 1.165) is 25.3 Å². The Morgan fingerprint density at radius 3 is 2.57 bits per heavy atom. The molecule has 0 heterocycles. The smallest absolute Gasteiger partial charge is 0.324 e. The second kappa shape index (κ2) is 6.47. The van der Waals surface area contributed by atoms with Gasteiger partial charge in [-0.15, -0.1) is 0 Å². The lowest BCUT2D eigenvalue weighted by molar-refractivity contribution is -0.385. The number of nitro groups is 1. The van der Waals surface area contributed by atoms with Crippen LogP contribution in [-0.4, -0.2) is 49.3 Å². The van der Waals surface area contributed by atoms with Crippen molar-refractivity contribution in [1.29, 1.82) is 0 Å². The second-order valence-electron chi connectivity index (χ2n) is 3.79. The van der Waals surface area contributed by atoms with Crippen molar-refractivity contribution in [3.63, 3.8) is 0 Å². The summed E-state index contributed by atoms with van der Waals surface area (Å²) in [5.74, 6) is -1.79. The van der Waals surface area contributed by atoms with Gasteiger partial charge in [-0.1, -0.05) is 0 Å². The van der Waals surface area contributed by atoms with Crippen molar-refractivity contribution in [2.24, 2.45) is 0 Å². The van der Waals surface area contributed by atoms with Gasteiger partial charge >= 0.3 is 5.97 Å². The molecule has 116 valence electrons. The van der Waals surface area contributed by atoms with E-state index in [1.165, 1.54) is 0 Å². The summed E-state index contributed by atoms with van der Waals surface area (Å²) in [6.07, 6.45) is 0. The maximum Gasteiger partial charge on any atom is 0.324 e. The lowest BCUT2D eigenvalue weighted by atomic mass is 10.3. The van der Waals surface area contributed by atoms with Crippen LogP contribution < -0.4 is 9.46 Å². The van der Waals surface area contributed by atoms with Crippen LogP contribution in [0.4, 0.5) is 5.69 Å². The van der Waals surface area contributed by atoms with Crippen molar-refractivity contribution < 1.29 is 33.1 Å². The molecule has 0 aromatic heterocycles. The predicted octanol–water partition coefficient (Wildman–Crippen LogP) is -0.673. The molecule has 21 heavy (non-hydrogen) atoms. The zero-order valence-electron chi connectivity index (χ0n) is 10.7. The number of carboxylic acid groups (broad SMARTS) is 1. The van der Waals surface area contributed by atoms with Crippen molar-refractivity contribution in [1.82, 2.24) is 4.72 Å². The van der Waals surface area contributed by atoms with Gasteiger partial charge in [-0.25, -0.2) is 8.42 Å². The Labute approximate surface area is 119 Å². The zero-order valence-corrected chi connectivity index (χ0v) is 11.5. The summed E-state index contributed by atoms with van der Waals surface area (Å²) in [5, 5.41) is 28.2. The predicted molar refractivity (Wildman–Crippen MR) is 68.5 cm³/mol. The summed E-state index contributed by atoms with van der Waals surface area (Å²) in [6.45, 7) is -0.980. The van der Waals surface area contributed by atoms with Crippen LogP contribution in [0.3, 0.4) is 0 Å². The highest BCUT2D eigenvalue weighted by Gasteiger charge is 2.28. The summed E-state index contributed by atoms with van der Waals surface area (Å²) in [6, 6.07) is 1.07. The van der Waals surface area contributed by atoms with Gasteiger partial charge in [-0.2, -0.15) is 4.72 Å². The molecular weight excluding hydrogens is 308 g/mol. The van der Waals surface area contributed by atoms with E-state index in [-0.39, 0.29) is 5.75 Å². The maximum atomic E-state index is 12.1. The number of nitrogens with one attached hydrogen (secondary N) is 1. The van der Waals surface area contributed by atoms with Crippen molar-refractivity contribution in [2.45, 2.75) is 10.9 Å². The van der Waals surface area contributed by atoms with Crippen LogP contribution in [0.1, 0.15) is 0 Å². The van der Waals surface area contributed by atoms with E-state index in [0.29, 0.717) is 0 Å². The first-order valence-electron chi connectivity index (χ1n) is 5.41. The average molecular weight is 320 g/mol. The van der Waals surface area contributed by atoms with Crippen LogP contribution in [0.5, 0.6) is 5.75 Å². The number of aliphatic hydroxyl groups is 1. The molecule has 0 aliphatic rings. The normalized spacial score (nSPS) is 12.7. The van der Waals surface area contributed by atoms with Gasteiger partial charge in [0.15, 0.2) is 0 Å². The molecule has 10 nitrogen and oxygen atoms in total. The molecule has 0 unspecified atom stereocenters. The van der Waals surface area contributed by atoms with E-state index in [1.54, 1.807) is 4.72 Å². The van der Waals surface area contributed by atoms with E-state index in [2.05, 4.69) is 0 Å². The number of aliphatic hydroxyl groups excluding tert-OH is 1. The van der Waals surface area contributed by atoms with Gasteiger partial charge in [0.2, 0.25) is 10.0 Å². The molecule has 0 aliphatic carbocycles. The van der Waals surface area contributed by atoms with Crippen molar-refractivity contribution in [2.75, 3.05) is 13.7 Å². The fraction of sp³-hybridized carbons (Fsp3) is 0.300. The first-order valence-corrected chi connectivity index (χ1v) is 6.89. The number of sulfonamides is 1. The van der Waals surface area contributed by atoms with Crippen molar-refractivity contribution in [3.8, 4) is 5.75 Å². The van der Waals surface area contributed by atoms with Crippen LogP contribution in [0.15, 0.2) is 23.1 Å². The van der Waals surface area contributed by atoms with E-state index in [4.69, 9.17) is 14.9 Å². The quantitative estimate of drug-likeness (QED) is 0.441. The van der Waals surface area contributed by atoms with Crippen LogP contribution in [-0.2, 0) is 14.8 Å². The lowest BCUT2D eigenvalue weighted by Gasteiger charge is -2.14. The molecule has 0 amide bonds. The fourth-order valence-corrected chi connectivity index (χ4v) is 2.77. The SMILES string of the molecule is COc1ccc([N+](=O)[O-])cc1S(=O)(=O)N[C@H](CO)C(=O)O. The number of carbonyl (C=O) groups is 1. The number of ether oxygens (including phenoxy) is 1. The highest BCUT2D eigenvalue weighted by atomic mass is 32.2. The van der Waals surface area contributed by atoms with Crippen molar-refractivity contribution >= 4 is 21.7 Å². The molecule has 1 atom stereocenters. The first kappa shape index (κ1) is 16.8. The molecule has 11 heteroatoms. The topological polar surface area (TPSA) is 156 Å². The molecule has 3 N–H and O–H groups in total. The fourth-order valence-electron chi connectivity index (χ4n) is 1.41. The van der Waals surface area contributed by atoms with Crippen LogP contribution in [0.2, 0.25) is 0 Å². The number of benzene rings is 1. The third-order valence-corrected chi connectivity index (χ3v) is 3.92. The number of hydrogen-bond donors (Lipinski definition) is 3. The lowest BCUT2D eigenvalue weighted by Crippen LogP contribution is -2.43. The van der Waals surface area contributed by atoms with Gasteiger partial charge in [0, 0.05) is 12.1 Å². The third-order valence-electron chi connectivity index (χ3n) is 2.43. The van der Waals surface area contributed by atoms with E-state index < -0.39 is 44.1 Å². The van der Waals surface area contributed by atoms with E-state index >= 15 is 0 Å². The highest BCUT2D eigenvalue weighted by molar-refractivity contribution is 7.89. The van der Waals surface area contributed by atoms with Gasteiger partial charge in [0.05, 0.1) is 18.6 Å². The average Bonchev–Trinajstić information content (AvgIpc) is 2.43. The minimum atomic E-state index is -4.44. The molecule has 0 saturated heterocycles. The van der Waals surface area contributed by atoms with E-state index in [1.807, 2.05) is 0 Å². The monoisotopic (exact) mass is 320 g/mol. The largest absolute Gasteiger partial charge is 0.495 e. The van der Waals surface area contributed by atoms with Crippen LogP contribution in [0.25, 0.3) is 0 Å². The Bertz CT molecular complexity index is 657. The Hall–Kier alpha value is -2.24. The van der Waals surface area contributed by atoms with Gasteiger partial charge in [-0.3, -0.25) is 14.9 Å². The zero-order chi connectivity index (χ0) is 16.2.